The van der Waals surface area contributed by atoms with Gasteiger partial charge in [-0.2, -0.15) is 5.10 Å². The minimum Gasteiger partial charge on any atom is -0.451 e. The number of anilines is 1. The van der Waals surface area contributed by atoms with E-state index >= 15 is 0 Å². The van der Waals surface area contributed by atoms with Gasteiger partial charge in [-0.25, -0.2) is 13.9 Å². The second kappa shape index (κ2) is 7.55. The fourth-order valence-corrected chi connectivity index (χ4v) is 2.64. The summed E-state index contributed by atoms with van der Waals surface area (Å²) in [5.41, 5.74) is -0.254. The molecule has 27 heavy (non-hydrogen) atoms. The van der Waals surface area contributed by atoms with E-state index in [2.05, 4.69) is 10.4 Å². The standard InChI is InChI=1S/C18H13ClFN3O4/c1-23-17(25)12-5-3-2-4-11(12)16(22-23)18(26)27-9-15(24)21-14-7-6-10(20)8-13(14)19/h2-8H,9H2,1H3,(H,21,24). The van der Waals surface area contributed by atoms with E-state index in [0.29, 0.717) is 10.8 Å². The third-order valence-corrected chi connectivity index (χ3v) is 4.00. The van der Waals surface area contributed by atoms with Gasteiger partial charge in [-0.3, -0.25) is 9.59 Å². The van der Waals surface area contributed by atoms with Gasteiger partial charge in [-0.15, -0.1) is 0 Å². The molecular weight excluding hydrogens is 377 g/mol. The van der Waals surface area contributed by atoms with Crippen molar-refractivity contribution in [2.75, 3.05) is 11.9 Å². The smallest absolute Gasteiger partial charge is 0.359 e. The number of amides is 1. The van der Waals surface area contributed by atoms with Gasteiger partial charge in [0.15, 0.2) is 12.3 Å². The summed E-state index contributed by atoms with van der Waals surface area (Å²) in [7, 11) is 1.41. The van der Waals surface area contributed by atoms with E-state index in [9.17, 15) is 18.8 Å². The van der Waals surface area contributed by atoms with Crippen molar-refractivity contribution < 1.29 is 18.7 Å². The van der Waals surface area contributed by atoms with E-state index in [-0.39, 0.29) is 22.0 Å². The zero-order valence-corrected chi connectivity index (χ0v) is 14.8. The van der Waals surface area contributed by atoms with Crippen LogP contribution in [0.2, 0.25) is 5.02 Å². The highest BCUT2D eigenvalue weighted by molar-refractivity contribution is 6.33. The highest BCUT2D eigenvalue weighted by Gasteiger charge is 2.18. The number of fused-ring (bicyclic) bond motifs is 1. The van der Waals surface area contributed by atoms with E-state index in [1.807, 2.05) is 0 Å². The van der Waals surface area contributed by atoms with Gasteiger partial charge in [-0.1, -0.05) is 29.8 Å². The Morgan fingerprint density at radius 3 is 2.63 bits per heavy atom. The van der Waals surface area contributed by atoms with Gasteiger partial charge in [0.2, 0.25) is 0 Å². The highest BCUT2D eigenvalue weighted by Crippen LogP contribution is 2.22. The van der Waals surface area contributed by atoms with Crippen LogP contribution in [-0.4, -0.2) is 28.3 Å². The summed E-state index contributed by atoms with van der Waals surface area (Å²) in [6.45, 7) is -0.606. The van der Waals surface area contributed by atoms with Crippen LogP contribution in [0.25, 0.3) is 10.8 Å². The highest BCUT2D eigenvalue weighted by atomic mass is 35.5. The Morgan fingerprint density at radius 1 is 1.22 bits per heavy atom. The van der Waals surface area contributed by atoms with E-state index in [0.717, 1.165) is 16.8 Å². The van der Waals surface area contributed by atoms with Crippen molar-refractivity contribution >= 4 is 39.9 Å². The fourth-order valence-electron chi connectivity index (χ4n) is 2.43. The molecule has 7 nitrogen and oxygen atoms in total. The molecule has 0 aliphatic carbocycles. The molecular formula is C18H13ClFN3O4. The molecule has 1 amide bonds. The maximum Gasteiger partial charge on any atom is 0.359 e. The lowest BCUT2D eigenvalue weighted by Gasteiger charge is -2.09. The zero-order valence-electron chi connectivity index (χ0n) is 14.0. The summed E-state index contributed by atoms with van der Waals surface area (Å²) in [5, 5.41) is 6.98. The largest absolute Gasteiger partial charge is 0.451 e. The van der Waals surface area contributed by atoms with Crippen LogP contribution in [0.15, 0.2) is 47.3 Å². The van der Waals surface area contributed by atoms with Crippen LogP contribution in [0.5, 0.6) is 0 Å². The molecule has 3 rings (SSSR count). The second-order valence-electron chi connectivity index (χ2n) is 5.57. The Balaban J connectivity index is 1.75. The van der Waals surface area contributed by atoms with Gasteiger partial charge in [0.25, 0.3) is 11.5 Å². The molecule has 0 saturated heterocycles. The normalized spacial score (nSPS) is 10.6. The van der Waals surface area contributed by atoms with Crippen LogP contribution in [0.3, 0.4) is 0 Å². The molecule has 2 aromatic carbocycles. The minimum absolute atomic E-state index is 0.0143. The van der Waals surface area contributed by atoms with Crippen LogP contribution in [0.4, 0.5) is 10.1 Å². The van der Waals surface area contributed by atoms with E-state index < -0.39 is 24.3 Å². The molecule has 0 saturated carbocycles. The first-order chi connectivity index (χ1) is 12.9. The Kier molecular flexibility index (Phi) is 5.18. The van der Waals surface area contributed by atoms with Crippen molar-refractivity contribution in [3.8, 4) is 0 Å². The molecule has 0 unspecified atom stereocenters. The number of aromatic nitrogens is 2. The second-order valence-corrected chi connectivity index (χ2v) is 5.98. The molecule has 0 aliphatic rings. The average molecular weight is 390 g/mol. The summed E-state index contributed by atoms with van der Waals surface area (Å²) in [6, 6.07) is 9.93. The van der Waals surface area contributed by atoms with Crippen molar-refractivity contribution in [1.29, 1.82) is 0 Å². The van der Waals surface area contributed by atoms with Crippen LogP contribution < -0.4 is 10.9 Å². The van der Waals surface area contributed by atoms with Gasteiger partial charge in [0, 0.05) is 12.4 Å². The first kappa shape index (κ1) is 18.5. The number of aryl methyl sites for hydroxylation is 1. The maximum absolute atomic E-state index is 13.0. The van der Waals surface area contributed by atoms with Crippen LogP contribution in [0.1, 0.15) is 10.5 Å². The van der Waals surface area contributed by atoms with Crippen LogP contribution in [0, 0.1) is 5.82 Å². The first-order valence-corrected chi connectivity index (χ1v) is 8.12. The Labute approximate surface area is 157 Å². The fraction of sp³-hybridized carbons (Fsp3) is 0.111. The van der Waals surface area contributed by atoms with Gasteiger partial charge >= 0.3 is 5.97 Å². The molecule has 0 atom stereocenters. The number of hydrogen-bond donors (Lipinski definition) is 1. The minimum atomic E-state index is -0.859. The van der Waals surface area contributed by atoms with Crippen LogP contribution in [-0.2, 0) is 16.6 Å². The molecule has 1 heterocycles. The van der Waals surface area contributed by atoms with Crippen molar-refractivity contribution in [1.82, 2.24) is 9.78 Å². The van der Waals surface area contributed by atoms with Crippen molar-refractivity contribution in [2.24, 2.45) is 7.05 Å². The molecule has 1 aromatic heterocycles. The van der Waals surface area contributed by atoms with Gasteiger partial charge < -0.3 is 10.1 Å². The number of carbonyl (C=O) groups is 2. The quantitative estimate of drug-likeness (QED) is 0.692. The van der Waals surface area contributed by atoms with Gasteiger partial charge in [0.1, 0.15) is 5.82 Å². The Bertz CT molecular complexity index is 1110. The third-order valence-electron chi connectivity index (χ3n) is 3.69. The van der Waals surface area contributed by atoms with E-state index in [1.165, 1.54) is 13.1 Å². The Morgan fingerprint density at radius 2 is 1.93 bits per heavy atom. The Hall–Kier alpha value is -3.26. The molecule has 0 aliphatic heterocycles. The number of benzene rings is 2. The lowest BCUT2D eigenvalue weighted by Crippen LogP contribution is -2.26. The molecule has 0 bridgehead atoms. The molecule has 0 fully saturated rings. The zero-order chi connectivity index (χ0) is 19.6. The van der Waals surface area contributed by atoms with E-state index in [1.54, 1.807) is 24.3 Å². The number of esters is 1. The number of halogens is 2. The molecule has 1 N–H and O–H groups in total. The summed E-state index contributed by atoms with van der Waals surface area (Å²) in [6.07, 6.45) is 0. The van der Waals surface area contributed by atoms with Gasteiger partial charge in [0.05, 0.1) is 16.1 Å². The number of ether oxygens (including phenoxy) is 1. The average Bonchev–Trinajstić information content (AvgIpc) is 2.65. The maximum atomic E-state index is 13.0. The molecule has 0 radical (unpaired) electrons. The number of nitrogens with zero attached hydrogens (tertiary/aromatic N) is 2. The number of rotatable bonds is 4. The molecule has 9 heteroatoms. The number of nitrogens with one attached hydrogen (secondary N) is 1. The topological polar surface area (TPSA) is 90.3 Å². The third kappa shape index (κ3) is 3.95. The van der Waals surface area contributed by atoms with E-state index in [4.69, 9.17) is 16.3 Å². The predicted octanol–water partition coefficient (Wildman–Crippen LogP) is 2.52. The van der Waals surface area contributed by atoms with Crippen molar-refractivity contribution in [3.63, 3.8) is 0 Å². The SMILES string of the molecule is Cn1nc(C(=O)OCC(=O)Nc2ccc(F)cc2Cl)c2ccccc2c1=O. The number of hydrogen-bond acceptors (Lipinski definition) is 5. The van der Waals surface area contributed by atoms with Gasteiger partial charge in [-0.05, 0) is 24.3 Å². The molecule has 138 valence electrons. The summed E-state index contributed by atoms with van der Waals surface area (Å²) < 4.78 is 19.0. The summed E-state index contributed by atoms with van der Waals surface area (Å²) >= 11 is 5.82. The summed E-state index contributed by atoms with van der Waals surface area (Å²) in [5.74, 6) is -2.06. The van der Waals surface area contributed by atoms with Crippen molar-refractivity contribution in [3.05, 3.63) is 69.4 Å². The predicted molar refractivity (Wildman–Crippen MR) is 97.3 cm³/mol. The molecule has 0 spiro atoms. The first-order valence-electron chi connectivity index (χ1n) is 7.75. The molecule has 3 aromatic rings. The lowest BCUT2D eigenvalue weighted by atomic mass is 10.1. The van der Waals surface area contributed by atoms with Crippen LogP contribution >= 0.6 is 11.6 Å². The van der Waals surface area contributed by atoms with Crippen molar-refractivity contribution in [2.45, 2.75) is 0 Å². The monoisotopic (exact) mass is 389 g/mol. The summed E-state index contributed by atoms with van der Waals surface area (Å²) in [4.78, 5) is 36.4. The number of carbonyl (C=O) groups excluding carboxylic acids is 2. The lowest BCUT2D eigenvalue weighted by molar-refractivity contribution is -0.119.